The molecule has 0 amide bonds. The summed E-state index contributed by atoms with van der Waals surface area (Å²) in [7, 11) is 0. The molecule has 5 heteroatoms. The lowest BCUT2D eigenvalue weighted by atomic mass is 9.82. The van der Waals surface area contributed by atoms with E-state index in [0.29, 0.717) is 29.8 Å². The highest BCUT2D eigenvalue weighted by molar-refractivity contribution is 6.08. The Morgan fingerprint density at radius 1 is 0.909 bits per heavy atom. The standard InChI is InChI=1S/C28H28F2N2O/c1-19-14-22(16-23(29)15-19)28(17-25-24(27(28)33)8-5-9-26(25)30)32-12-10-31(11-13-32)18-21-7-4-3-6-20(21)2/h3-9,14-16H,10-13,17-18H2,1-2H3. The molecule has 1 atom stereocenters. The number of hydrogen-bond acceptors (Lipinski definition) is 3. The maximum atomic E-state index is 14.7. The smallest absolute Gasteiger partial charge is 0.188 e. The molecule has 1 unspecified atom stereocenters. The van der Waals surface area contributed by atoms with Crippen LogP contribution in [0.25, 0.3) is 0 Å². The number of halogens is 2. The minimum Gasteiger partial charge on any atom is -0.297 e. The summed E-state index contributed by atoms with van der Waals surface area (Å²) >= 11 is 0. The predicted molar refractivity (Wildman–Crippen MR) is 125 cm³/mol. The summed E-state index contributed by atoms with van der Waals surface area (Å²) in [6.45, 7) is 7.69. The summed E-state index contributed by atoms with van der Waals surface area (Å²) < 4.78 is 29.2. The molecule has 3 aromatic rings. The van der Waals surface area contributed by atoms with Crippen LogP contribution in [0.15, 0.2) is 60.7 Å². The van der Waals surface area contributed by atoms with Crippen molar-refractivity contribution in [3.63, 3.8) is 0 Å². The van der Waals surface area contributed by atoms with Gasteiger partial charge in [-0.3, -0.25) is 14.6 Å². The third kappa shape index (κ3) is 3.79. The zero-order valence-electron chi connectivity index (χ0n) is 19.1. The molecular formula is C28H28F2N2O. The number of ketones is 1. The average Bonchev–Trinajstić information content (AvgIpc) is 3.10. The molecule has 1 fully saturated rings. The van der Waals surface area contributed by atoms with E-state index in [1.807, 2.05) is 19.1 Å². The third-order valence-corrected chi connectivity index (χ3v) is 7.26. The second kappa shape index (κ2) is 8.47. The molecule has 0 bridgehead atoms. The van der Waals surface area contributed by atoms with Crippen molar-refractivity contribution in [2.45, 2.75) is 32.4 Å². The maximum absolute atomic E-state index is 14.7. The van der Waals surface area contributed by atoms with Gasteiger partial charge in [-0.05, 0) is 54.3 Å². The van der Waals surface area contributed by atoms with Crippen LogP contribution in [0.3, 0.4) is 0 Å². The van der Waals surface area contributed by atoms with Crippen LogP contribution in [-0.2, 0) is 18.5 Å². The van der Waals surface area contributed by atoms with E-state index in [2.05, 4.69) is 34.9 Å². The molecule has 0 radical (unpaired) electrons. The molecule has 1 aliphatic carbocycles. The zero-order valence-corrected chi connectivity index (χ0v) is 19.1. The normalized spacial score (nSPS) is 21.4. The Labute approximate surface area is 193 Å². The minimum absolute atomic E-state index is 0.130. The van der Waals surface area contributed by atoms with E-state index in [1.54, 1.807) is 12.1 Å². The molecule has 0 aromatic heterocycles. The van der Waals surface area contributed by atoms with E-state index in [9.17, 15) is 13.6 Å². The van der Waals surface area contributed by atoms with Gasteiger partial charge in [0.1, 0.15) is 17.2 Å². The quantitative estimate of drug-likeness (QED) is 0.561. The Morgan fingerprint density at radius 2 is 1.67 bits per heavy atom. The second-order valence-corrected chi connectivity index (χ2v) is 9.34. The largest absolute Gasteiger partial charge is 0.297 e. The fourth-order valence-electron chi connectivity index (χ4n) is 5.47. The molecule has 170 valence electrons. The van der Waals surface area contributed by atoms with Gasteiger partial charge in [0.2, 0.25) is 0 Å². The topological polar surface area (TPSA) is 23.6 Å². The van der Waals surface area contributed by atoms with Gasteiger partial charge in [-0.25, -0.2) is 8.78 Å². The van der Waals surface area contributed by atoms with Crippen molar-refractivity contribution in [1.29, 1.82) is 0 Å². The summed E-state index contributed by atoms with van der Waals surface area (Å²) in [5, 5.41) is 0. The van der Waals surface area contributed by atoms with Gasteiger partial charge in [0.05, 0.1) is 0 Å². The number of carbonyl (C=O) groups is 1. The second-order valence-electron chi connectivity index (χ2n) is 9.34. The molecule has 1 aliphatic heterocycles. The number of aryl methyl sites for hydroxylation is 2. The van der Waals surface area contributed by atoms with Crippen LogP contribution in [-0.4, -0.2) is 41.8 Å². The summed E-state index contributed by atoms with van der Waals surface area (Å²) in [6, 6.07) is 17.9. The summed E-state index contributed by atoms with van der Waals surface area (Å²) in [5.74, 6) is -0.866. The number of benzene rings is 3. The van der Waals surface area contributed by atoms with Gasteiger partial charge in [-0.2, -0.15) is 0 Å². The Balaban J connectivity index is 1.48. The van der Waals surface area contributed by atoms with E-state index in [1.165, 1.54) is 29.3 Å². The van der Waals surface area contributed by atoms with Crippen LogP contribution in [0, 0.1) is 25.5 Å². The van der Waals surface area contributed by atoms with E-state index in [0.717, 1.165) is 25.2 Å². The van der Waals surface area contributed by atoms with Crippen molar-refractivity contribution in [1.82, 2.24) is 9.80 Å². The molecule has 0 spiro atoms. The van der Waals surface area contributed by atoms with Gasteiger partial charge in [-0.15, -0.1) is 0 Å². The first kappa shape index (κ1) is 21.9. The van der Waals surface area contributed by atoms with Gasteiger partial charge in [-0.1, -0.05) is 42.5 Å². The lowest BCUT2D eigenvalue weighted by Crippen LogP contribution is -2.58. The molecular weight excluding hydrogens is 418 g/mol. The van der Waals surface area contributed by atoms with E-state index >= 15 is 0 Å². The fourth-order valence-corrected chi connectivity index (χ4v) is 5.47. The summed E-state index contributed by atoms with van der Waals surface area (Å²) in [6.07, 6.45) is 0.231. The number of fused-ring (bicyclic) bond motifs is 1. The molecule has 1 heterocycles. The third-order valence-electron chi connectivity index (χ3n) is 7.26. The highest BCUT2D eigenvalue weighted by Gasteiger charge is 2.52. The highest BCUT2D eigenvalue weighted by atomic mass is 19.1. The number of nitrogens with zero attached hydrogens (tertiary/aromatic N) is 2. The van der Waals surface area contributed by atoms with Crippen molar-refractivity contribution in [3.8, 4) is 0 Å². The Hall–Kier alpha value is -2.89. The van der Waals surface area contributed by atoms with E-state index in [-0.39, 0.29) is 23.8 Å². The molecule has 33 heavy (non-hydrogen) atoms. The van der Waals surface area contributed by atoms with Crippen molar-refractivity contribution >= 4 is 5.78 Å². The van der Waals surface area contributed by atoms with E-state index < -0.39 is 5.54 Å². The van der Waals surface area contributed by atoms with Gasteiger partial charge in [0.15, 0.2) is 5.78 Å². The first-order chi connectivity index (χ1) is 15.9. The van der Waals surface area contributed by atoms with Gasteiger partial charge < -0.3 is 0 Å². The number of hydrogen-bond donors (Lipinski definition) is 0. The Bertz CT molecular complexity index is 1200. The maximum Gasteiger partial charge on any atom is 0.188 e. The van der Waals surface area contributed by atoms with Crippen molar-refractivity contribution < 1.29 is 13.6 Å². The van der Waals surface area contributed by atoms with Crippen LogP contribution in [0.2, 0.25) is 0 Å². The van der Waals surface area contributed by atoms with Crippen molar-refractivity contribution in [3.05, 3.63) is 106 Å². The number of carbonyl (C=O) groups excluding carboxylic acids is 1. The summed E-state index contributed by atoms with van der Waals surface area (Å²) in [4.78, 5) is 18.4. The lowest BCUT2D eigenvalue weighted by Gasteiger charge is -2.45. The lowest BCUT2D eigenvalue weighted by molar-refractivity contribution is 0.0285. The molecule has 0 N–H and O–H groups in total. The van der Waals surface area contributed by atoms with Crippen LogP contribution in [0.5, 0.6) is 0 Å². The number of rotatable bonds is 4. The first-order valence-electron chi connectivity index (χ1n) is 11.5. The van der Waals surface area contributed by atoms with Gasteiger partial charge in [0, 0.05) is 50.3 Å². The number of piperazine rings is 1. The molecule has 3 aromatic carbocycles. The monoisotopic (exact) mass is 446 g/mol. The van der Waals surface area contributed by atoms with Crippen LogP contribution < -0.4 is 0 Å². The highest BCUT2D eigenvalue weighted by Crippen LogP contribution is 2.44. The number of Topliss-reactive ketones (excluding diaryl/α,β-unsaturated/α-hetero) is 1. The van der Waals surface area contributed by atoms with Gasteiger partial charge in [0.25, 0.3) is 0 Å². The Morgan fingerprint density at radius 3 is 2.36 bits per heavy atom. The molecule has 5 rings (SSSR count). The summed E-state index contributed by atoms with van der Waals surface area (Å²) in [5.41, 5.74) is 3.72. The SMILES string of the molecule is Cc1cc(F)cc(C2(N3CCN(Cc4ccccc4C)CC3)Cc3c(F)cccc3C2=O)c1. The van der Waals surface area contributed by atoms with Crippen LogP contribution >= 0.6 is 0 Å². The molecule has 0 saturated carbocycles. The van der Waals surface area contributed by atoms with Gasteiger partial charge >= 0.3 is 0 Å². The molecule has 3 nitrogen and oxygen atoms in total. The predicted octanol–water partition coefficient (Wildman–Crippen LogP) is 5.03. The molecule has 1 saturated heterocycles. The van der Waals surface area contributed by atoms with Crippen LogP contribution in [0.4, 0.5) is 8.78 Å². The molecule has 2 aliphatic rings. The minimum atomic E-state index is -1.08. The Kier molecular flexibility index (Phi) is 5.63. The van der Waals surface area contributed by atoms with Crippen LogP contribution in [0.1, 0.15) is 38.2 Å². The van der Waals surface area contributed by atoms with E-state index in [4.69, 9.17) is 0 Å². The van der Waals surface area contributed by atoms with Crippen molar-refractivity contribution in [2.75, 3.05) is 26.2 Å². The van der Waals surface area contributed by atoms with Crippen molar-refractivity contribution in [2.24, 2.45) is 0 Å². The average molecular weight is 447 g/mol. The first-order valence-corrected chi connectivity index (χ1v) is 11.5. The zero-order chi connectivity index (χ0) is 23.2. The fraction of sp³-hybridized carbons (Fsp3) is 0.321.